The number of ether oxygens (including phenoxy) is 1. The molecule has 6 heteroatoms. The van der Waals surface area contributed by atoms with Crippen LogP contribution in [0, 0.1) is 6.92 Å². The van der Waals surface area contributed by atoms with Crippen molar-refractivity contribution in [1.82, 2.24) is 4.98 Å². The van der Waals surface area contributed by atoms with E-state index in [1.807, 2.05) is 30.3 Å². The first-order valence-corrected chi connectivity index (χ1v) is 8.59. The molecular weight excluding hydrogens is 342 g/mol. The van der Waals surface area contributed by atoms with Crippen molar-refractivity contribution in [3.63, 3.8) is 0 Å². The molecular formula is C21H19N3O3. The lowest BCUT2D eigenvalue weighted by Gasteiger charge is -2.16. The minimum absolute atomic E-state index is 0.163. The molecule has 136 valence electrons. The molecule has 3 N–H and O–H groups in total. The van der Waals surface area contributed by atoms with Crippen LogP contribution < -0.4 is 5.32 Å². The zero-order valence-electron chi connectivity index (χ0n) is 14.8. The molecule has 6 nitrogen and oxygen atoms in total. The van der Waals surface area contributed by atoms with Crippen LogP contribution in [-0.4, -0.2) is 21.4 Å². The van der Waals surface area contributed by atoms with Crippen LogP contribution in [0.3, 0.4) is 0 Å². The van der Waals surface area contributed by atoms with Gasteiger partial charge in [-0.05, 0) is 37.3 Å². The van der Waals surface area contributed by atoms with E-state index in [9.17, 15) is 10.2 Å². The van der Waals surface area contributed by atoms with Crippen molar-refractivity contribution in [3.05, 3.63) is 77.1 Å². The van der Waals surface area contributed by atoms with Crippen LogP contribution in [-0.2, 0) is 11.3 Å². The molecule has 2 aromatic carbocycles. The van der Waals surface area contributed by atoms with Crippen molar-refractivity contribution in [3.8, 4) is 11.5 Å². The first-order chi connectivity index (χ1) is 13.1. The van der Waals surface area contributed by atoms with Crippen LogP contribution in [0.1, 0.15) is 28.6 Å². The average molecular weight is 361 g/mol. The van der Waals surface area contributed by atoms with Gasteiger partial charge in [-0.25, -0.2) is 0 Å². The van der Waals surface area contributed by atoms with E-state index in [-0.39, 0.29) is 11.5 Å². The number of pyridine rings is 1. The number of anilines is 1. The number of phenolic OH excluding ortho intramolecular Hbond substituents is 1. The van der Waals surface area contributed by atoms with Gasteiger partial charge in [0.1, 0.15) is 11.5 Å². The molecule has 3 aromatic rings. The average Bonchev–Trinajstić information content (AvgIpc) is 3.08. The minimum atomic E-state index is -0.445. The molecule has 0 saturated heterocycles. The Balaban J connectivity index is 1.55. The van der Waals surface area contributed by atoms with E-state index in [1.165, 1.54) is 0 Å². The second kappa shape index (κ2) is 7.09. The number of aryl methyl sites for hydroxylation is 1. The number of benzene rings is 2. The Bertz CT molecular complexity index is 1020. The van der Waals surface area contributed by atoms with Gasteiger partial charge in [0.05, 0.1) is 23.6 Å². The molecule has 27 heavy (non-hydrogen) atoms. The Labute approximate surface area is 156 Å². The van der Waals surface area contributed by atoms with Crippen LogP contribution in [0.5, 0.6) is 11.5 Å². The van der Waals surface area contributed by atoms with Gasteiger partial charge in [-0.2, -0.15) is 0 Å². The molecule has 1 aliphatic rings. The van der Waals surface area contributed by atoms with Crippen LogP contribution in [0.2, 0.25) is 0 Å². The lowest BCUT2D eigenvalue weighted by molar-refractivity contribution is 0.0848. The number of rotatable bonds is 4. The zero-order chi connectivity index (χ0) is 18.8. The van der Waals surface area contributed by atoms with Gasteiger partial charge >= 0.3 is 0 Å². The second-order valence-electron chi connectivity index (χ2n) is 6.33. The lowest BCUT2D eigenvalue weighted by atomic mass is 10.1. The second-order valence-corrected chi connectivity index (χ2v) is 6.33. The Kier molecular flexibility index (Phi) is 4.48. The van der Waals surface area contributed by atoms with Gasteiger partial charge < -0.3 is 20.3 Å². The monoisotopic (exact) mass is 361 g/mol. The predicted octanol–water partition coefficient (Wildman–Crippen LogP) is 4.19. The highest BCUT2D eigenvalue weighted by Crippen LogP contribution is 2.38. The number of aromatic hydroxyl groups is 2. The normalized spacial score (nSPS) is 15.8. The largest absolute Gasteiger partial charge is 0.507 e. The van der Waals surface area contributed by atoms with Crippen LogP contribution >= 0.6 is 0 Å². The van der Waals surface area contributed by atoms with Gasteiger partial charge in [0.2, 0.25) is 0 Å². The Morgan fingerprint density at radius 3 is 2.89 bits per heavy atom. The molecule has 0 radical (unpaired) electrons. The highest BCUT2D eigenvalue weighted by atomic mass is 16.5. The minimum Gasteiger partial charge on any atom is -0.507 e. The van der Waals surface area contributed by atoms with E-state index in [2.05, 4.69) is 15.3 Å². The number of fused-ring (bicyclic) bond motifs is 1. The van der Waals surface area contributed by atoms with E-state index < -0.39 is 6.23 Å². The summed E-state index contributed by atoms with van der Waals surface area (Å²) in [5.74, 6) is 0.349. The van der Waals surface area contributed by atoms with Gasteiger partial charge in [-0.15, -0.1) is 0 Å². The number of hydrogen-bond donors (Lipinski definition) is 3. The molecule has 1 aliphatic heterocycles. The maximum atomic E-state index is 10.3. The first kappa shape index (κ1) is 17.1. The number of aliphatic imine (C=N–C) groups is 1. The van der Waals surface area contributed by atoms with Crippen molar-refractivity contribution in [2.75, 3.05) is 5.32 Å². The highest BCUT2D eigenvalue weighted by Gasteiger charge is 2.28. The summed E-state index contributed by atoms with van der Waals surface area (Å²) >= 11 is 0. The van der Waals surface area contributed by atoms with E-state index in [4.69, 9.17) is 4.74 Å². The third-order valence-electron chi connectivity index (χ3n) is 4.46. The molecule has 1 unspecified atom stereocenters. The number of para-hydroxylation sites is 1. The molecule has 0 spiro atoms. The SMILES string of the molecule is Cc1ncc2c(c1O)C(Nc1cccc(N=Cc3ccccc3O)c1)OC2. The Morgan fingerprint density at radius 1 is 1.19 bits per heavy atom. The molecule has 1 atom stereocenters. The van der Waals surface area contributed by atoms with Gasteiger partial charge in [0.15, 0.2) is 6.23 Å². The van der Waals surface area contributed by atoms with Crippen LogP contribution in [0.4, 0.5) is 11.4 Å². The fourth-order valence-corrected chi connectivity index (χ4v) is 3.00. The smallest absolute Gasteiger partial charge is 0.158 e. The van der Waals surface area contributed by atoms with Gasteiger partial charge in [0.25, 0.3) is 0 Å². The van der Waals surface area contributed by atoms with Crippen molar-refractivity contribution in [2.24, 2.45) is 4.99 Å². The van der Waals surface area contributed by atoms with Gasteiger partial charge in [-0.3, -0.25) is 9.98 Å². The van der Waals surface area contributed by atoms with Gasteiger partial charge in [0, 0.05) is 29.2 Å². The highest BCUT2D eigenvalue weighted by molar-refractivity contribution is 5.85. The predicted molar refractivity (Wildman–Crippen MR) is 104 cm³/mol. The molecule has 4 rings (SSSR count). The maximum absolute atomic E-state index is 10.3. The Hall–Kier alpha value is -3.38. The van der Waals surface area contributed by atoms with Crippen molar-refractivity contribution >= 4 is 17.6 Å². The van der Waals surface area contributed by atoms with E-state index in [1.54, 1.807) is 37.5 Å². The summed E-state index contributed by atoms with van der Waals surface area (Å²) in [4.78, 5) is 8.59. The molecule has 0 saturated carbocycles. The summed E-state index contributed by atoms with van der Waals surface area (Å²) in [5, 5.41) is 23.4. The molecule has 0 fully saturated rings. The molecule has 0 amide bonds. The number of phenols is 1. The third kappa shape index (κ3) is 3.47. The van der Waals surface area contributed by atoms with E-state index in [0.29, 0.717) is 17.9 Å². The summed E-state index contributed by atoms with van der Waals surface area (Å²) in [6, 6.07) is 14.6. The standard InChI is InChI=1S/C21H19N3O3/c1-13-20(26)19-15(11-22-13)12-27-21(19)24-17-7-4-6-16(9-17)23-10-14-5-2-3-8-18(14)25/h2-11,21,24-26H,12H2,1H3. The summed E-state index contributed by atoms with van der Waals surface area (Å²) in [5.41, 5.74) is 4.38. The van der Waals surface area contributed by atoms with Gasteiger partial charge in [-0.1, -0.05) is 18.2 Å². The molecule has 0 aliphatic carbocycles. The number of nitrogens with one attached hydrogen (secondary N) is 1. The summed E-state index contributed by atoms with van der Waals surface area (Å²) in [6.07, 6.45) is 2.91. The fraction of sp³-hybridized carbons (Fsp3) is 0.143. The molecule has 1 aromatic heterocycles. The van der Waals surface area contributed by atoms with E-state index in [0.717, 1.165) is 22.5 Å². The quantitative estimate of drug-likeness (QED) is 0.607. The van der Waals surface area contributed by atoms with Crippen molar-refractivity contribution < 1.29 is 14.9 Å². The topological polar surface area (TPSA) is 87.0 Å². The lowest BCUT2D eigenvalue weighted by Crippen LogP contribution is -2.09. The third-order valence-corrected chi connectivity index (χ3v) is 4.46. The molecule has 0 bridgehead atoms. The number of nitrogens with zero attached hydrogens (tertiary/aromatic N) is 2. The zero-order valence-corrected chi connectivity index (χ0v) is 14.8. The van der Waals surface area contributed by atoms with Crippen LogP contribution in [0.15, 0.2) is 59.7 Å². The van der Waals surface area contributed by atoms with Crippen molar-refractivity contribution in [1.29, 1.82) is 0 Å². The van der Waals surface area contributed by atoms with E-state index >= 15 is 0 Å². The summed E-state index contributed by atoms with van der Waals surface area (Å²) < 4.78 is 5.77. The van der Waals surface area contributed by atoms with Crippen LogP contribution in [0.25, 0.3) is 0 Å². The summed E-state index contributed by atoms with van der Waals surface area (Å²) in [7, 11) is 0. The molecule has 2 heterocycles. The fourth-order valence-electron chi connectivity index (χ4n) is 3.00. The summed E-state index contributed by atoms with van der Waals surface area (Å²) in [6.45, 7) is 2.16. The number of hydrogen-bond acceptors (Lipinski definition) is 6. The number of aromatic nitrogens is 1. The maximum Gasteiger partial charge on any atom is 0.158 e. The first-order valence-electron chi connectivity index (χ1n) is 8.59. The van der Waals surface area contributed by atoms with Crippen molar-refractivity contribution in [2.45, 2.75) is 19.8 Å². The Morgan fingerprint density at radius 2 is 2.04 bits per heavy atom.